The molecule has 4 fully saturated rings. The summed E-state index contributed by atoms with van der Waals surface area (Å²) in [5.74, 6) is 2.80. The average molecular weight is 385 g/mol. The van der Waals surface area contributed by atoms with Crippen LogP contribution in [0.2, 0.25) is 0 Å². The van der Waals surface area contributed by atoms with Gasteiger partial charge in [0, 0.05) is 48.5 Å². The molecule has 0 aromatic rings. The number of rotatable bonds is 7. The van der Waals surface area contributed by atoms with Crippen molar-refractivity contribution in [3.8, 4) is 0 Å². The Labute approximate surface area is 169 Å². The fraction of sp³-hybridized carbons (Fsp3) is 0.750. The smallest absolute Gasteiger partial charge is 0.161 e. The van der Waals surface area contributed by atoms with Gasteiger partial charge in [-0.1, -0.05) is 27.7 Å². The lowest BCUT2D eigenvalue weighted by Gasteiger charge is -2.15. The first-order valence-electron chi connectivity index (χ1n) is 11.0. The van der Waals surface area contributed by atoms with E-state index in [2.05, 4.69) is 52.2 Å². The van der Waals surface area contributed by atoms with Crippen molar-refractivity contribution in [2.24, 2.45) is 34.5 Å². The molecule has 2 N–H and O–H groups in total. The molecule has 4 atom stereocenters. The van der Waals surface area contributed by atoms with Gasteiger partial charge in [-0.15, -0.1) is 0 Å². The molecule has 4 aliphatic rings. The second-order valence-electron chi connectivity index (χ2n) is 10.7. The van der Waals surface area contributed by atoms with E-state index in [4.69, 9.17) is 0 Å². The van der Waals surface area contributed by atoms with Gasteiger partial charge >= 0.3 is 0 Å². The SMILES string of the molecule is CC(NCCCCNC(C)=C1C(=O)CC2C1C2(C)C)=C1C(=O)CC2C1C2(C)C. The van der Waals surface area contributed by atoms with Crippen LogP contribution in [0.25, 0.3) is 0 Å². The first kappa shape index (κ1) is 19.7. The minimum atomic E-state index is 0.313. The van der Waals surface area contributed by atoms with E-state index in [0.717, 1.165) is 61.3 Å². The van der Waals surface area contributed by atoms with E-state index in [-0.39, 0.29) is 0 Å². The van der Waals surface area contributed by atoms with Gasteiger partial charge in [0.1, 0.15) is 0 Å². The van der Waals surface area contributed by atoms with Gasteiger partial charge < -0.3 is 10.6 Å². The third kappa shape index (κ3) is 2.95. The number of nitrogens with one attached hydrogen (secondary N) is 2. The lowest BCUT2D eigenvalue weighted by atomic mass is 9.95. The summed E-state index contributed by atoms with van der Waals surface area (Å²) in [4.78, 5) is 24.5. The maximum Gasteiger partial charge on any atom is 0.161 e. The fourth-order valence-electron chi connectivity index (χ4n) is 6.24. The zero-order valence-electron chi connectivity index (χ0n) is 18.4. The van der Waals surface area contributed by atoms with Crippen LogP contribution in [0.3, 0.4) is 0 Å². The molecule has 0 spiro atoms. The molecule has 0 aliphatic heterocycles. The van der Waals surface area contributed by atoms with Gasteiger partial charge in [-0.3, -0.25) is 9.59 Å². The Morgan fingerprint density at radius 2 is 1.14 bits per heavy atom. The zero-order chi connectivity index (χ0) is 20.4. The van der Waals surface area contributed by atoms with Gasteiger partial charge in [-0.05, 0) is 61.2 Å². The molecule has 4 rings (SSSR count). The van der Waals surface area contributed by atoms with Crippen molar-refractivity contribution < 1.29 is 9.59 Å². The zero-order valence-corrected chi connectivity index (χ0v) is 18.4. The number of Topliss-reactive ketones (excluding diaryl/α,β-unsaturated/α-hetero) is 2. The second kappa shape index (κ2) is 6.47. The van der Waals surface area contributed by atoms with Crippen molar-refractivity contribution in [2.45, 2.75) is 67.2 Å². The summed E-state index contributed by atoms with van der Waals surface area (Å²) in [5.41, 5.74) is 4.94. The van der Waals surface area contributed by atoms with E-state index in [1.165, 1.54) is 0 Å². The van der Waals surface area contributed by atoms with Crippen LogP contribution in [0, 0.1) is 34.5 Å². The molecule has 0 radical (unpaired) electrons. The summed E-state index contributed by atoms with van der Waals surface area (Å²) in [6.45, 7) is 15.1. The molecule has 0 amide bonds. The van der Waals surface area contributed by atoms with E-state index in [1.54, 1.807) is 0 Å². The van der Waals surface area contributed by atoms with Gasteiger partial charge in [-0.25, -0.2) is 0 Å². The van der Waals surface area contributed by atoms with Crippen LogP contribution >= 0.6 is 0 Å². The molecular formula is C24H36N2O2. The van der Waals surface area contributed by atoms with Crippen LogP contribution in [-0.2, 0) is 9.59 Å². The summed E-state index contributed by atoms with van der Waals surface area (Å²) >= 11 is 0. The Morgan fingerprint density at radius 3 is 1.46 bits per heavy atom. The molecule has 28 heavy (non-hydrogen) atoms. The normalized spacial score (nSPS) is 37.4. The van der Waals surface area contributed by atoms with Crippen LogP contribution in [-0.4, -0.2) is 24.7 Å². The van der Waals surface area contributed by atoms with Gasteiger partial charge in [0.15, 0.2) is 11.6 Å². The number of allylic oxidation sites excluding steroid dienone is 4. The largest absolute Gasteiger partial charge is 0.388 e. The van der Waals surface area contributed by atoms with E-state index in [0.29, 0.717) is 46.1 Å². The predicted molar refractivity (Wildman–Crippen MR) is 111 cm³/mol. The standard InChI is InChI=1S/C24H36N2O2/c1-13(19-17(27)11-15-21(19)23(15,3)4)25-9-7-8-10-26-14(2)20-18(28)12-16-22(20)24(16,5)6/h15-16,21-22,25-26H,7-12H2,1-6H3. The topological polar surface area (TPSA) is 58.2 Å². The van der Waals surface area contributed by atoms with Crippen molar-refractivity contribution in [3.05, 3.63) is 22.5 Å². The van der Waals surface area contributed by atoms with E-state index in [1.807, 2.05) is 0 Å². The van der Waals surface area contributed by atoms with Crippen molar-refractivity contribution >= 4 is 11.6 Å². The molecule has 0 heterocycles. The molecule has 4 unspecified atom stereocenters. The third-order valence-electron chi connectivity index (χ3n) is 8.33. The lowest BCUT2D eigenvalue weighted by Crippen LogP contribution is -2.21. The quantitative estimate of drug-likeness (QED) is 0.515. The van der Waals surface area contributed by atoms with Gasteiger partial charge in [0.05, 0.1) is 0 Å². The molecule has 0 aromatic heterocycles. The predicted octanol–water partition coefficient (Wildman–Crippen LogP) is 3.98. The second-order valence-corrected chi connectivity index (χ2v) is 10.7. The molecule has 4 nitrogen and oxygen atoms in total. The summed E-state index contributed by atoms with van der Waals surface area (Å²) in [6, 6.07) is 0. The molecule has 154 valence electrons. The Bertz CT molecular complexity index is 720. The van der Waals surface area contributed by atoms with Gasteiger partial charge in [0.2, 0.25) is 0 Å². The molecule has 0 aromatic carbocycles. The maximum atomic E-state index is 12.2. The Balaban J connectivity index is 1.21. The van der Waals surface area contributed by atoms with Crippen LogP contribution in [0.4, 0.5) is 0 Å². The van der Waals surface area contributed by atoms with Crippen molar-refractivity contribution in [1.82, 2.24) is 10.6 Å². The van der Waals surface area contributed by atoms with E-state index in [9.17, 15) is 9.59 Å². The van der Waals surface area contributed by atoms with Crippen molar-refractivity contribution in [3.63, 3.8) is 0 Å². The fourth-order valence-corrected chi connectivity index (χ4v) is 6.24. The van der Waals surface area contributed by atoms with Gasteiger partial charge in [-0.2, -0.15) is 0 Å². The highest BCUT2D eigenvalue weighted by Crippen LogP contribution is 2.68. The number of hydrogen-bond donors (Lipinski definition) is 2. The highest BCUT2D eigenvalue weighted by Gasteiger charge is 2.66. The van der Waals surface area contributed by atoms with Crippen molar-refractivity contribution in [2.75, 3.05) is 13.1 Å². The monoisotopic (exact) mass is 384 g/mol. The van der Waals surface area contributed by atoms with Crippen molar-refractivity contribution in [1.29, 1.82) is 0 Å². The number of hydrogen-bond acceptors (Lipinski definition) is 4. The minimum absolute atomic E-state index is 0.313. The lowest BCUT2D eigenvalue weighted by molar-refractivity contribution is -0.116. The van der Waals surface area contributed by atoms with Crippen LogP contribution in [0.15, 0.2) is 22.5 Å². The first-order chi connectivity index (χ1) is 13.1. The summed E-state index contributed by atoms with van der Waals surface area (Å²) < 4.78 is 0. The molecule has 4 saturated carbocycles. The van der Waals surface area contributed by atoms with Crippen LogP contribution in [0.5, 0.6) is 0 Å². The maximum absolute atomic E-state index is 12.2. The van der Waals surface area contributed by atoms with Crippen LogP contribution < -0.4 is 10.6 Å². The number of fused-ring (bicyclic) bond motifs is 2. The number of carbonyl (C=O) groups is 2. The van der Waals surface area contributed by atoms with E-state index < -0.39 is 0 Å². The Morgan fingerprint density at radius 1 is 0.786 bits per heavy atom. The summed E-state index contributed by atoms with van der Waals surface area (Å²) in [6.07, 6.45) is 3.58. The number of unbranched alkanes of at least 4 members (excludes halogenated alkanes) is 1. The Kier molecular flexibility index (Phi) is 4.55. The molecular weight excluding hydrogens is 348 g/mol. The number of ketones is 2. The van der Waals surface area contributed by atoms with E-state index >= 15 is 0 Å². The Hall–Kier alpha value is -1.58. The molecule has 0 bridgehead atoms. The highest BCUT2D eigenvalue weighted by molar-refractivity contribution is 6.01. The highest BCUT2D eigenvalue weighted by atomic mass is 16.1. The summed E-state index contributed by atoms with van der Waals surface area (Å²) in [7, 11) is 0. The van der Waals surface area contributed by atoms with Gasteiger partial charge in [0.25, 0.3) is 0 Å². The number of carbonyl (C=O) groups excluding carboxylic acids is 2. The molecule has 4 aliphatic carbocycles. The first-order valence-corrected chi connectivity index (χ1v) is 11.0. The summed E-state index contributed by atoms with van der Waals surface area (Å²) in [5, 5.41) is 6.98. The minimum Gasteiger partial charge on any atom is -0.388 e. The van der Waals surface area contributed by atoms with Crippen LogP contribution in [0.1, 0.15) is 67.2 Å². The average Bonchev–Trinajstić information content (AvgIpc) is 3.14. The third-order valence-corrected chi connectivity index (χ3v) is 8.33. The molecule has 4 heteroatoms. The molecule has 0 saturated heterocycles.